The van der Waals surface area contributed by atoms with E-state index in [9.17, 15) is 0 Å². The zero-order valence-electron chi connectivity index (χ0n) is 11.3. The molecule has 17 heavy (non-hydrogen) atoms. The van der Waals surface area contributed by atoms with Crippen molar-refractivity contribution in [1.29, 1.82) is 0 Å². The zero-order valence-corrected chi connectivity index (χ0v) is 12.1. The number of rotatable bonds is 4. The number of likely N-dealkylation sites (tertiary alicyclic amines) is 1. The van der Waals surface area contributed by atoms with Gasteiger partial charge in [0.05, 0.1) is 0 Å². The van der Waals surface area contributed by atoms with Crippen LogP contribution in [-0.4, -0.2) is 41.6 Å². The number of hydrogen-bond donors (Lipinski definition) is 1. The molecular formula is C14H28N2S. The lowest BCUT2D eigenvalue weighted by Crippen LogP contribution is -2.58. The highest BCUT2D eigenvalue weighted by Crippen LogP contribution is 2.35. The molecule has 0 radical (unpaired) electrons. The molecule has 0 aromatic carbocycles. The lowest BCUT2D eigenvalue weighted by atomic mass is 9.85. The molecule has 2 aliphatic rings. The Kier molecular flexibility index (Phi) is 5.19. The maximum atomic E-state index is 6.11. The van der Waals surface area contributed by atoms with Gasteiger partial charge in [0.25, 0.3) is 0 Å². The summed E-state index contributed by atoms with van der Waals surface area (Å²) < 4.78 is 0. The minimum absolute atomic E-state index is 0.364. The summed E-state index contributed by atoms with van der Waals surface area (Å²) in [7, 11) is 0. The fourth-order valence-electron chi connectivity index (χ4n) is 3.51. The maximum absolute atomic E-state index is 6.11. The first-order valence-electron chi connectivity index (χ1n) is 7.33. The molecule has 2 nitrogen and oxygen atoms in total. The molecule has 2 N–H and O–H groups in total. The fourth-order valence-corrected chi connectivity index (χ4v) is 4.76. The van der Waals surface area contributed by atoms with Gasteiger partial charge in [0, 0.05) is 12.1 Å². The van der Waals surface area contributed by atoms with Gasteiger partial charge in [-0.15, -0.1) is 0 Å². The van der Waals surface area contributed by atoms with Crippen molar-refractivity contribution < 1.29 is 0 Å². The van der Waals surface area contributed by atoms with Crippen LogP contribution in [0.4, 0.5) is 0 Å². The minimum atomic E-state index is 0.364. The average Bonchev–Trinajstić information content (AvgIpc) is 2.41. The van der Waals surface area contributed by atoms with Crippen LogP contribution in [0.25, 0.3) is 0 Å². The second-order valence-electron chi connectivity index (χ2n) is 5.76. The SMILES string of the molecule is CCCC1CCN(C2(CN)CCSCC2)CC1. The third-order valence-electron chi connectivity index (χ3n) is 4.79. The van der Waals surface area contributed by atoms with E-state index in [1.54, 1.807) is 0 Å². The maximum Gasteiger partial charge on any atom is 0.0347 e. The Hall–Kier alpha value is 0.270. The Morgan fingerprint density at radius 3 is 2.41 bits per heavy atom. The standard InChI is InChI=1S/C14H28N2S/c1-2-3-13-4-8-16(9-5-13)14(12-15)6-10-17-11-7-14/h13H,2-12,15H2,1H3. The molecule has 2 aliphatic heterocycles. The highest BCUT2D eigenvalue weighted by Gasteiger charge is 2.38. The van der Waals surface area contributed by atoms with Gasteiger partial charge in [-0.25, -0.2) is 0 Å². The Labute approximate surface area is 111 Å². The molecule has 0 aromatic heterocycles. The van der Waals surface area contributed by atoms with E-state index in [1.165, 1.54) is 63.1 Å². The average molecular weight is 256 g/mol. The first kappa shape index (κ1) is 13.7. The summed E-state index contributed by atoms with van der Waals surface area (Å²) in [4.78, 5) is 2.74. The molecule has 0 amide bonds. The van der Waals surface area contributed by atoms with E-state index in [2.05, 4.69) is 23.6 Å². The van der Waals surface area contributed by atoms with Gasteiger partial charge in [-0.05, 0) is 56.2 Å². The summed E-state index contributed by atoms with van der Waals surface area (Å²) in [6.45, 7) is 5.77. The predicted octanol–water partition coefficient (Wildman–Crippen LogP) is 2.72. The third-order valence-corrected chi connectivity index (χ3v) is 5.77. The van der Waals surface area contributed by atoms with Crippen LogP contribution in [0.3, 0.4) is 0 Å². The molecule has 2 saturated heterocycles. The van der Waals surface area contributed by atoms with Crippen molar-refractivity contribution in [1.82, 2.24) is 4.90 Å². The summed E-state index contributed by atoms with van der Waals surface area (Å²) in [5, 5.41) is 0. The molecule has 100 valence electrons. The Morgan fingerprint density at radius 1 is 1.24 bits per heavy atom. The normalized spacial score (nSPS) is 27.2. The number of piperidine rings is 1. The van der Waals surface area contributed by atoms with Crippen LogP contribution < -0.4 is 5.73 Å². The highest BCUT2D eigenvalue weighted by atomic mass is 32.2. The first-order chi connectivity index (χ1) is 8.30. The molecule has 2 fully saturated rings. The molecule has 0 atom stereocenters. The topological polar surface area (TPSA) is 29.3 Å². The second-order valence-corrected chi connectivity index (χ2v) is 6.98. The lowest BCUT2D eigenvalue weighted by molar-refractivity contribution is 0.0464. The molecule has 2 rings (SSSR count). The van der Waals surface area contributed by atoms with Crippen molar-refractivity contribution >= 4 is 11.8 Å². The molecule has 0 saturated carbocycles. The third kappa shape index (κ3) is 3.18. The smallest absolute Gasteiger partial charge is 0.0347 e. The van der Waals surface area contributed by atoms with Gasteiger partial charge < -0.3 is 5.73 Å². The van der Waals surface area contributed by atoms with Crippen molar-refractivity contribution in [3.63, 3.8) is 0 Å². The fraction of sp³-hybridized carbons (Fsp3) is 1.00. The predicted molar refractivity (Wildman–Crippen MR) is 77.5 cm³/mol. The molecule has 0 aromatic rings. The Balaban J connectivity index is 1.89. The molecule has 3 heteroatoms. The minimum Gasteiger partial charge on any atom is -0.329 e. The Morgan fingerprint density at radius 2 is 1.88 bits per heavy atom. The van der Waals surface area contributed by atoms with Gasteiger partial charge in [0.1, 0.15) is 0 Å². The molecule has 0 aliphatic carbocycles. The first-order valence-corrected chi connectivity index (χ1v) is 8.49. The van der Waals surface area contributed by atoms with Gasteiger partial charge >= 0.3 is 0 Å². The van der Waals surface area contributed by atoms with E-state index in [0.29, 0.717) is 5.54 Å². The van der Waals surface area contributed by atoms with E-state index in [0.717, 1.165) is 12.5 Å². The van der Waals surface area contributed by atoms with E-state index in [-0.39, 0.29) is 0 Å². The van der Waals surface area contributed by atoms with Crippen molar-refractivity contribution in [2.45, 2.75) is 51.0 Å². The van der Waals surface area contributed by atoms with Crippen LogP contribution >= 0.6 is 11.8 Å². The number of hydrogen-bond acceptors (Lipinski definition) is 3. The summed E-state index contributed by atoms with van der Waals surface area (Å²) in [6.07, 6.45) is 8.22. The molecular weight excluding hydrogens is 228 g/mol. The summed E-state index contributed by atoms with van der Waals surface area (Å²) in [6, 6.07) is 0. The zero-order chi connectivity index (χ0) is 12.1. The van der Waals surface area contributed by atoms with Crippen LogP contribution in [-0.2, 0) is 0 Å². The van der Waals surface area contributed by atoms with Crippen molar-refractivity contribution in [3.8, 4) is 0 Å². The summed E-state index contributed by atoms with van der Waals surface area (Å²) in [5.41, 5.74) is 6.48. The van der Waals surface area contributed by atoms with E-state index in [1.807, 2.05) is 0 Å². The van der Waals surface area contributed by atoms with Crippen LogP contribution in [0, 0.1) is 5.92 Å². The largest absolute Gasteiger partial charge is 0.329 e. The van der Waals surface area contributed by atoms with Gasteiger partial charge in [-0.3, -0.25) is 4.90 Å². The second kappa shape index (κ2) is 6.44. The molecule has 0 unspecified atom stereocenters. The van der Waals surface area contributed by atoms with Gasteiger partial charge in [-0.1, -0.05) is 19.8 Å². The van der Waals surface area contributed by atoms with E-state index < -0.39 is 0 Å². The van der Waals surface area contributed by atoms with Crippen LogP contribution in [0.1, 0.15) is 45.4 Å². The van der Waals surface area contributed by atoms with Crippen molar-refractivity contribution in [3.05, 3.63) is 0 Å². The van der Waals surface area contributed by atoms with Crippen LogP contribution in [0.15, 0.2) is 0 Å². The Bertz CT molecular complexity index is 218. The molecule has 0 spiro atoms. The summed E-state index contributed by atoms with van der Waals surface area (Å²) in [5.74, 6) is 3.61. The van der Waals surface area contributed by atoms with Crippen molar-refractivity contribution in [2.75, 3.05) is 31.1 Å². The number of nitrogens with two attached hydrogens (primary N) is 1. The van der Waals surface area contributed by atoms with Crippen LogP contribution in [0.5, 0.6) is 0 Å². The van der Waals surface area contributed by atoms with E-state index >= 15 is 0 Å². The summed E-state index contributed by atoms with van der Waals surface area (Å²) >= 11 is 2.10. The monoisotopic (exact) mass is 256 g/mol. The quantitative estimate of drug-likeness (QED) is 0.838. The van der Waals surface area contributed by atoms with Gasteiger partial charge in [-0.2, -0.15) is 11.8 Å². The number of thioether (sulfide) groups is 1. The van der Waals surface area contributed by atoms with Crippen LogP contribution in [0.2, 0.25) is 0 Å². The van der Waals surface area contributed by atoms with Gasteiger partial charge in [0.2, 0.25) is 0 Å². The molecule has 0 bridgehead atoms. The number of nitrogens with zero attached hydrogens (tertiary/aromatic N) is 1. The van der Waals surface area contributed by atoms with E-state index in [4.69, 9.17) is 5.73 Å². The van der Waals surface area contributed by atoms with Crippen molar-refractivity contribution in [2.24, 2.45) is 11.7 Å². The highest BCUT2D eigenvalue weighted by molar-refractivity contribution is 7.99. The van der Waals surface area contributed by atoms with Gasteiger partial charge in [0.15, 0.2) is 0 Å². The lowest BCUT2D eigenvalue weighted by Gasteiger charge is -2.48. The molecule has 2 heterocycles.